The lowest BCUT2D eigenvalue weighted by Crippen LogP contribution is -2.47. The maximum Gasteiger partial charge on any atom is 0.164 e. The average molecular weight is 369 g/mol. The van der Waals surface area contributed by atoms with Gasteiger partial charge in [-0.1, -0.05) is 24.3 Å². The molecule has 1 saturated heterocycles. The highest BCUT2D eigenvalue weighted by atomic mass is 16.6. The number of ether oxygens (including phenoxy) is 1. The van der Waals surface area contributed by atoms with Gasteiger partial charge in [0, 0.05) is 11.6 Å². The summed E-state index contributed by atoms with van der Waals surface area (Å²) in [7, 11) is 0. The molecule has 0 bridgehead atoms. The van der Waals surface area contributed by atoms with Gasteiger partial charge in [-0.15, -0.1) is 0 Å². The Kier molecular flexibility index (Phi) is 4.27. The molecule has 1 aliphatic heterocycles. The minimum atomic E-state index is -1.65. The standard InChI is InChI=1S/C20H23N3O4/c1-11-6-4-5-7-13(11)15(24)17-20(3,26)16(25)19(27-17)23-9-8-14-12(2)21-10-22-18(14)23/h4-10,15-17,19,24-26H,1-3H3/t15-,16+,17-,19-,20+/m1/s1. The Morgan fingerprint density at radius 2 is 1.93 bits per heavy atom. The van der Waals surface area contributed by atoms with E-state index in [0.29, 0.717) is 11.2 Å². The van der Waals surface area contributed by atoms with Crippen LogP contribution in [-0.4, -0.2) is 47.7 Å². The largest absolute Gasteiger partial charge is 0.386 e. The summed E-state index contributed by atoms with van der Waals surface area (Å²) in [6.07, 6.45) is -1.01. The molecule has 5 atom stereocenters. The van der Waals surface area contributed by atoms with Gasteiger partial charge in [0.2, 0.25) is 0 Å². The number of rotatable bonds is 3. The molecule has 0 spiro atoms. The van der Waals surface area contributed by atoms with Crippen molar-refractivity contribution in [3.63, 3.8) is 0 Å². The molecular weight excluding hydrogens is 346 g/mol. The molecule has 7 nitrogen and oxygen atoms in total. The summed E-state index contributed by atoms with van der Waals surface area (Å²) in [6.45, 7) is 5.24. The Hall–Kier alpha value is -2.32. The molecule has 0 aliphatic carbocycles. The van der Waals surface area contributed by atoms with Gasteiger partial charge >= 0.3 is 0 Å². The van der Waals surface area contributed by atoms with E-state index in [1.165, 1.54) is 13.3 Å². The van der Waals surface area contributed by atoms with Gasteiger partial charge in [0.15, 0.2) is 6.23 Å². The van der Waals surface area contributed by atoms with Crippen molar-refractivity contribution in [2.75, 3.05) is 0 Å². The zero-order chi connectivity index (χ0) is 19.3. The van der Waals surface area contributed by atoms with Crippen LogP contribution in [-0.2, 0) is 4.74 Å². The van der Waals surface area contributed by atoms with Crippen molar-refractivity contribution in [1.82, 2.24) is 14.5 Å². The summed E-state index contributed by atoms with van der Waals surface area (Å²) in [5.74, 6) is 0. The lowest BCUT2D eigenvalue weighted by molar-refractivity contribution is -0.115. The van der Waals surface area contributed by atoms with Crippen molar-refractivity contribution in [3.05, 3.63) is 59.7 Å². The van der Waals surface area contributed by atoms with Gasteiger partial charge in [0.05, 0.1) is 5.69 Å². The molecule has 4 rings (SSSR count). The second-order valence-corrected chi connectivity index (χ2v) is 7.34. The SMILES string of the molecule is Cc1ccccc1[C@@H](O)[C@H]1O[C@@H](n2ccc3c(C)ncnc32)[C@H](O)[C@]1(C)O. The van der Waals surface area contributed by atoms with Crippen LogP contribution in [0.15, 0.2) is 42.9 Å². The van der Waals surface area contributed by atoms with Crippen molar-refractivity contribution in [2.45, 2.75) is 50.9 Å². The summed E-state index contributed by atoms with van der Waals surface area (Å²) in [5.41, 5.74) is 1.32. The van der Waals surface area contributed by atoms with Gasteiger partial charge in [0.1, 0.15) is 35.9 Å². The molecule has 0 amide bonds. The van der Waals surface area contributed by atoms with Gasteiger partial charge in [-0.05, 0) is 38.0 Å². The Morgan fingerprint density at radius 3 is 2.67 bits per heavy atom. The van der Waals surface area contributed by atoms with Gasteiger partial charge in [0.25, 0.3) is 0 Å². The molecule has 1 fully saturated rings. The first kappa shape index (κ1) is 18.1. The summed E-state index contributed by atoms with van der Waals surface area (Å²) >= 11 is 0. The van der Waals surface area contributed by atoms with Crippen LogP contribution >= 0.6 is 0 Å². The van der Waals surface area contributed by atoms with Gasteiger partial charge < -0.3 is 24.6 Å². The highest BCUT2D eigenvalue weighted by molar-refractivity contribution is 5.78. The normalized spacial score (nSPS) is 29.3. The van der Waals surface area contributed by atoms with Gasteiger partial charge in [-0.2, -0.15) is 0 Å². The summed E-state index contributed by atoms with van der Waals surface area (Å²) < 4.78 is 7.68. The van der Waals surface area contributed by atoms with E-state index in [9.17, 15) is 15.3 Å². The topological polar surface area (TPSA) is 101 Å². The molecule has 1 aliphatic rings. The molecule has 0 radical (unpaired) electrons. The number of hydrogen-bond donors (Lipinski definition) is 3. The second kappa shape index (κ2) is 6.38. The fraction of sp³-hybridized carbons (Fsp3) is 0.400. The van der Waals surface area contributed by atoms with E-state index >= 15 is 0 Å². The third-order valence-corrected chi connectivity index (χ3v) is 5.51. The molecule has 3 aromatic rings. The number of nitrogens with zero attached hydrogens (tertiary/aromatic N) is 3. The first-order valence-corrected chi connectivity index (χ1v) is 8.90. The van der Waals surface area contributed by atoms with E-state index < -0.39 is 30.1 Å². The average Bonchev–Trinajstić information content (AvgIpc) is 3.16. The van der Waals surface area contributed by atoms with E-state index in [2.05, 4.69) is 9.97 Å². The third kappa shape index (κ3) is 2.74. The van der Waals surface area contributed by atoms with Crippen LogP contribution in [0.25, 0.3) is 11.0 Å². The van der Waals surface area contributed by atoms with Crippen molar-refractivity contribution < 1.29 is 20.1 Å². The van der Waals surface area contributed by atoms with Crippen LogP contribution in [0.1, 0.15) is 36.1 Å². The molecule has 2 aromatic heterocycles. The van der Waals surface area contributed by atoms with E-state index in [-0.39, 0.29) is 0 Å². The van der Waals surface area contributed by atoms with E-state index in [1.54, 1.807) is 16.8 Å². The van der Waals surface area contributed by atoms with Crippen LogP contribution in [0.4, 0.5) is 0 Å². The Morgan fingerprint density at radius 1 is 1.19 bits per heavy atom. The predicted octanol–water partition coefficient (Wildman–Crippen LogP) is 1.79. The van der Waals surface area contributed by atoms with Crippen LogP contribution in [0.3, 0.4) is 0 Å². The fourth-order valence-corrected chi connectivity index (χ4v) is 3.82. The summed E-state index contributed by atoms with van der Waals surface area (Å²) in [6, 6.07) is 9.23. The number of benzene rings is 1. The Balaban J connectivity index is 1.73. The van der Waals surface area contributed by atoms with E-state index in [0.717, 1.165) is 16.6 Å². The lowest BCUT2D eigenvalue weighted by Gasteiger charge is -2.30. The molecule has 142 valence electrons. The maximum absolute atomic E-state index is 11.0. The summed E-state index contributed by atoms with van der Waals surface area (Å²) in [5, 5.41) is 33.5. The van der Waals surface area contributed by atoms with E-state index in [1.807, 2.05) is 38.1 Å². The Labute approximate surface area is 156 Å². The molecule has 0 unspecified atom stereocenters. The minimum absolute atomic E-state index is 0.605. The monoisotopic (exact) mass is 369 g/mol. The molecule has 1 aromatic carbocycles. The maximum atomic E-state index is 11.0. The van der Waals surface area contributed by atoms with Crippen LogP contribution in [0.2, 0.25) is 0 Å². The highest BCUT2D eigenvalue weighted by Gasteiger charge is 2.56. The quantitative estimate of drug-likeness (QED) is 0.651. The van der Waals surface area contributed by atoms with Gasteiger partial charge in [-0.25, -0.2) is 9.97 Å². The number of fused-ring (bicyclic) bond motifs is 1. The Bertz CT molecular complexity index is 984. The van der Waals surface area contributed by atoms with Crippen LogP contribution in [0, 0.1) is 13.8 Å². The first-order valence-electron chi connectivity index (χ1n) is 8.90. The third-order valence-electron chi connectivity index (χ3n) is 5.51. The number of hydrogen-bond acceptors (Lipinski definition) is 6. The molecule has 0 saturated carbocycles. The molecule has 3 heterocycles. The smallest absolute Gasteiger partial charge is 0.164 e. The molecule has 27 heavy (non-hydrogen) atoms. The number of aryl methyl sites for hydroxylation is 2. The van der Waals surface area contributed by atoms with Crippen LogP contribution in [0.5, 0.6) is 0 Å². The molecular formula is C20H23N3O4. The number of aliphatic hydroxyl groups is 3. The van der Waals surface area contributed by atoms with Crippen molar-refractivity contribution in [1.29, 1.82) is 0 Å². The predicted molar refractivity (Wildman–Crippen MR) is 98.9 cm³/mol. The molecule has 7 heteroatoms. The first-order chi connectivity index (χ1) is 12.8. The highest BCUT2D eigenvalue weighted by Crippen LogP contribution is 2.43. The second-order valence-electron chi connectivity index (χ2n) is 7.34. The van der Waals surface area contributed by atoms with Crippen molar-refractivity contribution in [2.24, 2.45) is 0 Å². The van der Waals surface area contributed by atoms with Gasteiger partial charge in [-0.3, -0.25) is 0 Å². The minimum Gasteiger partial charge on any atom is -0.386 e. The van der Waals surface area contributed by atoms with E-state index in [4.69, 9.17) is 4.74 Å². The van der Waals surface area contributed by atoms with Crippen molar-refractivity contribution in [3.8, 4) is 0 Å². The molecule has 3 N–H and O–H groups in total. The fourth-order valence-electron chi connectivity index (χ4n) is 3.82. The number of aromatic nitrogens is 3. The zero-order valence-corrected chi connectivity index (χ0v) is 15.4. The van der Waals surface area contributed by atoms with Crippen LogP contribution < -0.4 is 0 Å². The zero-order valence-electron chi connectivity index (χ0n) is 15.4. The summed E-state index contributed by atoms with van der Waals surface area (Å²) in [4.78, 5) is 8.46. The van der Waals surface area contributed by atoms with Crippen molar-refractivity contribution >= 4 is 11.0 Å². The lowest BCUT2D eigenvalue weighted by atomic mass is 9.87. The number of aliphatic hydroxyl groups excluding tert-OH is 2.